The molecule has 1 aliphatic rings. The average molecular weight is 343 g/mol. The molecule has 0 radical (unpaired) electrons. The summed E-state index contributed by atoms with van der Waals surface area (Å²) in [5, 5.41) is 6.34. The molecule has 6 nitrogen and oxygen atoms in total. The van der Waals surface area contributed by atoms with E-state index in [1.165, 1.54) is 0 Å². The van der Waals surface area contributed by atoms with Gasteiger partial charge in [-0.3, -0.25) is 4.79 Å². The minimum Gasteiger partial charge on any atom is -0.489 e. The maximum absolute atomic E-state index is 12.0. The summed E-state index contributed by atoms with van der Waals surface area (Å²) in [5.41, 5.74) is 0.564. The van der Waals surface area contributed by atoms with E-state index in [1.807, 2.05) is 0 Å². The summed E-state index contributed by atoms with van der Waals surface area (Å²) in [7, 11) is 1.62. The molecule has 1 saturated heterocycles. The number of amides is 1. The molecule has 0 spiro atoms. The number of methoxy groups -OCH3 is 1. The molecule has 0 aromatic heterocycles. The highest BCUT2D eigenvalue weighted by Gasteiger charge is 2.17. The molecule has 1 fully saturated rings. The van der Waals surface area contributed by atoms with E-state index in [0.29, 0.717) is 36.2 Å². The van der Waals surface area contributed by atoms with Gasteiger partial charge in [0.25, 0.3) is 0 Å². The Kier molecular flexibility index (Phi) is 7.61. The van der Waals surface area contributed by atoms with E-state index >= 15 is 0 Å². The summed E-state index contributed by atoms with van der Waals surface area (Å²) in [6.07, 6.45) is 2.18. The van der Waals surface area contributed by atoms with Crippen LogP contribution in [0.3, 0.4) is 0 Å². The first-order chi connectivity index (χ1) is 11.2. The van der Waals surface area contributed by atoms with Crippen LogP contribution in [0, 0.1) is 0 Å². The van der Waals surface area contributed by atoms with Gasteiger partial charge in [-0.2, -0.15) is 0 Å². The van der Waals surface area contributed by atoms with Gasteiger partial charge in [-0.15, -0.1) is 0 Å². The van der Waals surface area contributed by atoms with Gasteiger partial charge in [-0.1, -0.05) is 11.6 Å². The molecule has 1 heterocycles. The standard InChI is InChI=1S/C16H23ClN2O4/c1-21-8-6-18-10-16(20)19-14-9-12(17)4-5-15(14)23-11-13-3-2-7-22-13/h4-5,9,13,18H,2-3,6-8,10-11H2,1H3,(H,19,20). The minimum absolute atomic E-state index is 0.116. The molecule has 1 aromatic rings. The van der Waals surface area contributed by atoms with Crippen LogP contribution in [0.1, 0.15) is 12.8 Å². The van der Waals surface area contributed by atoms with Crippen molar-refractivity contribution in [1.29, 1.82) is 0 Å². The van der Waals surface area contributed by atoms with E-state index in [2.05, 4.69) is 10.6 Å². The van der Waals surface area contributed by atoms with Crippen molar-refractivity contribution in [2.45, 2.75) is 18.9 Å². The van der Waals surface area contributed by atoms with E-state index in [-0.39, 0.29) is 18.6 Å². The first-order valence-corrected chi connectivity index (χ1v) is 8.10. The van der Waals surface area contributed by atoms with Crippen molar-refractivity contribution in [3.05, 3.63) is 23.2 Å². The number of nitrogens with one attached hydrogen (secondary N) is 2. The van der Waals surface area contributed by atoms with Crippen LogP contribution in [0.2, 0.25) is 5.02 Å². The lowest BCUT2D eigenvalue weighted by Crippen LogP contribution is -2.30. The molecular weight excluding hydrogens is 320 g/mol. The first kappa shape index (κ1) is 18.0. The van der Waals surface area contributed by atoms with Gasteiger partial charge in [0.2, 0.25) is 5.91 Å². The molecule has 0 aliphatic carbocycles. The third-order valence-electron chi connectivity index (χ3n) is 3.43. The Labute approximate surface area is 141 Å². The van der Waals surface area contributed by atoms with E-state index in [0.717, 1.165) is 19.4 Å². The highest BCUT2D eigenvalue weighted by Crippen LogP contribution is 2.28. The maximum atomic E-state index is 12.0. The molecule has 1 amide bonds. The topological polar surface area (TPSA) is 68.8 Å². The van der Waals surface area contributed by atoms with Crippen molar-refractivity contribution in [3.63, 3.8) is 0 Å². The number of hydrogen-bond acceptors (Lipinski definition) is 5. The van der Waals surface area contributed by atoms with Crippen LogP contribution in [-0.4, -0.2) is 52.0 Å². The number of hydrogen-bond donors (Lipinski definition) is 2. The molecule has 7 heteroatoms. The minimum atomic E-state index is -0.162. The van der Waals surface area contributed by atoms with Crippen LogP contribution < -0.4 is 15.4 Å². The van der Waals surface area contributed by atoms with Crippen molar-refractivity contribution in [1.82, 2.24) is 5.32 Å². The second-order valence-corrected chi connectivity index (χ2v) is 5.74. The van der Waals surface area contributed by atoms with Crippen LogP contribution in [0.25, 0.3) is 0 Å². The number of carbonyl (C=O) groups excluding carboxylic acids is 1. The Morgan fingerprint density at radius 1 is 1.48 bits per heavy atom. The van der Waals surface area contributed by atoms with Gasteiger partial charge in [-0.05, 0) is 31.0 Å². The second kappa shape index (κ2) is 9.72. The van der Waals surface area contributed by atoms with Gasteiger partial charge in [-0.25, -0.2) is 0 Å². The van der Waals surface area contributed by atoms with Crippen LogP contribution >= 0.6 is 11.6 Å². The molecule has 2 rings (SSSR count). The summed E-state index contributed by atoms with van der Waals surface area (Å²) < 4.78 is 16.2. The van der Waals surface area contributed by atoms with E-state index < -0.39 is 0 Å². The van der Waals surface area contributed by atoms with Gasteiger partial charge < -0.3 is 24.8 Å². The predicted molar refractivity (Wildman–Crippen MR) is 89.3 cm³/mol. The third kappa shape index (κ3) is 6.35. The zero-order valence-corrected chi connectivity index (χ0v) is 14.0. The molecule has 1 atom stereocenters. The van der Waals surface area contributed by atoms with Crippen molar-refractivity contribution < 1.29 is 19.0 Å². The van der Waals surface area contributed by atoms with E-state index in [1.54, 1.807) is 25.3 Å². The van der Waals surface area contributed by atoms with Gasteiger partial charge in [0.05, 0.1) is 24.9 Å². The van der Waals surface area contributed by atoms with Gasteiger partial charge in [0.1, 0.15) is 12.4 Å². The number of carbonyl (C=O) groups is 1. The molecule has 1 aromatic carbocycles. The zero-order valence-electron chi connectivity index (χ0n) is 13.3. The maximum Gasteiger partial charge on any atom is 0.238 e. The Morgan fingerprint density at radius 2 is 2.35 bits per heavy atom. The molecular formula is C16H23ClN2O4. The highest BCUT2D eigenvalue weighted by atomic mass is 35.5. The van der Waals surface area contributed by atoms with Crippen LogP contribution in [0.4, 0.5) is 5.69 Å². The summed E-state index contributed by atoms with van der Waals surface area (Å²) in [5.74, 6) is 0.431. The fourth-order valence-electron chi connectivity index (χ4n) is 2.25. The van der Waals surface area contributed by atoms with Crippen LogP contribution in [-0.2, 0) is 14.3 Å². The molecule has 0 bridgehead atoms. The Hall–Kier alpha value is -1.34. The number of rotatable bonds is 9. The fraction of sp³-hybridized carbons (Fsp3) is 0.562. The monoisotopic (exact) mass is 342 g/mol. The Balaban J connectivity index is 1.87. The summed E-state index contributed by atoms with van der Waals surface area (Å²) in [6.45, 7) is 2.62. The molecule has 1 aliphatic heterocycles. The van der Waals surface area contributed by atoms with E-state index in [9.17, 15) is 4.79 Å². The predicted octanol–water partition coefficient (Wildman–Crippen LogP) is 2.07. The smallest absolute Gasteiger partial charge is 0.238 e. The summed E-state index contributed by atoms with van der Waals surface area (Å²) in [4.78, 5) is 12.0. The fourth-order valence-corrected chi connectivity index (χ4v) is 2.43. The normalized spacial score (nSPS) is 17.2. The SMILES string of the molecule is COCCNCC(=O)Nc1cc(Cl)ccc1OCC1CCCO1. The Morgan fingerprint density at radius 3 is 3.09 bits per heavy atom. The summed E-state index contributed by atoms with van der Waals surface area (Å²) in [6, 6.07) is 5.17. The summed E-state index contributed by atoms with van der Waals surface area (Å²) >= 11 is 6.01. The van der Waals surface area contributed by atoms with Gasteiger partial charge >= 0.3 is 0 Å². The molecule has 128 valence electrons. The van der Waals surface area contributed by atoms with Crippen LogP contribution in [0.5, 0.6) is 5.75 Å². The molecule has 23 heavy (non-hydrogen) atoms. The zero-order chi connectivity index (χ0) is 16.5. The van der Waals surface area contributed by atoms with Crippen molar-refractivity contribution in [3.8, 4) is 5.75 Å². The molecule has 1 unspecified atom stereocenters. The number of benzene rings is 1. The largest absolute Gasteiger partial charge is 0.489 e. The quantitative estimate of drug-likeness (QED) is 0.672. The Bertz CT molecular complexity index is 507. The van der Waals surface area contributed by atoms with E-state index in [4.69, 9.17) is 25.8 Å². The molecule has 2 N–H and O–H groups in total. The highest BCUT2D eigenvalue weighted by molar-refractivity contribution is 6.31. The van der Waals surface area contributed by atoms with Crippen molar-refractivity contribution >= 4 is 23.2 Å². The van der Waals surface area contributed by atoms with Crippen LogP contribution in [0.15, 0.2) is 18.2 Å². The number of ether oxygens (including phenoxy) is 3. The van der Waals surface area contributed by atoms with Crippen molar-refractivity contribution in [2.24, 2.45) is 0 Å². The second-order valence-electron chi connectivity index (χ2n) is 5.30. The van der Waals surface area contributed by atoms with Gasteiger partial charge in [0, 0.05) is 25.3 Å². The molecule has 0 saturated carbocycles. The number of halogens is 1. The first-order valence-electron chi connectivity index (χ1n) is 7.72. The average Bonchev–Trinajstić information content (AvgIpc) is 3.04. The lowest BCUT2D eigenvalue weighted by atomic mass is 10.2. The number of anilines is 1. The lowest BCUT2D eigenvalue weighted by molar-refractivity contribution is -0.115. The third-order valence-corrected chi connectivity index (χ3v) is 3.67. The van der Waals surface area contributed by atoms with Gasteiger partial charge in [0.15, 0.2) is 0 Å². The van der Waals surface area contributed by atoms with Crippen molar-refractivity contribution in [2.75, 3.05) is 45.3 Å². The lowest BCUT2D eigenvalue weighted by Gasteiger charge is -2.15.